The maximum Gasteiger partial charge on any atom is 0.302 e. The van der Waals surface area contributed by atoms with Gasteiger partial charge in [-0.15, -0.1) is 0 Å². The van der Waals surface area contributed by atoms with Gasteiger partial charge in [-0.05, 0) is 18.2 Å². The molecule has 3 aromatic rings. The summed E-state index contributed by atoms with van der Waals surface area (Å²) in [6.07, 6.45) is 0.956. The fourth-order valence-corrected chi connectivity index (χ4v) is 4.49. The number of aromatic nitrogens is 5. The Hall–Kier alpha value is -3.26. The van der Waals surface area contributed by atoms with E-state index in [1.54, 1.807) is 0 Å². The van der Waals surface area contributed by atoms with E-state index in [9.17, 15) is 31.5 Å². The van der Waals surface area contributed by atoms with E-state index >= 15 is 0 Å². The van der Waals surface area contributed by atoms with Crippen molar-refractivity contribution in [2.24, 2.45) is 0 Å². The van der Waals surface area contributed by atoms with E-state index in [0.29, 0.717) is 15.3 Å². The predicted octanol–water partition coefficient (Wildman–Crippen LogP) is 0.734. The van der Waals surface area contributed by atoms with Crippen molar-refractivity contribution in [3.05, 3.63) is 59.6 Å². The second kappa shape index (κ2) is 8.35. The molecule has 1 atom stereocenters. The molecule has 1 N–H and O–H groups in total. The summed E-state index contributed by atoms with van der Waals surface area (Å²) < 4.78 is 65.9. The number of pyridine rings is 1. The van der Waals surface area contributed by atoms with Crippen molar-refractivity contribution >= 4 is 15.9 Å². The van der Waals surface area contributed by atoms with Gasteiger partial charge in [-0.1, -0.05) is 0 Å². The summed E-state index contributed by atoms with van der Waals surface area (Å²) in [6.45, 7) is -1.46. The Morgan fingerprint density at radius 3 is 2.66 bits per heavy atom. The Balaban J connectivity index is 1.52. The third kappa shape index (κ3) is 3.98. The number of hydrogen-bond donors (Lipinski definition) is 1. The van der Waals surface area contributed by atoms with Crippen LogP contribution in [0.15, 0.2) is 41.8 Å². The van der Waals surface area contributed by atoms with E-state index in [0.717, 1.165) is 23.0 Å². The van der Waals surface area contributed by atoms with Crippen molar-refractivity contribution in [1.29, 1.82) is 0 Å². The van der Waals surface area contributed by atoms with Crippen molar-refractivity contribution in [2.45, 2.75) is 37.0 Å². The number of carbonyl (C=O) groups excluding carboxylic acids is 1. The van der Waals surface area contributed by atoms with Gasteiger partial charge >= 0.3 is 10.0 Å². The molecule has 0 aliphatic carbocycles. The van der Waals surface area contributed by atoms with Crippen LogP contribution >= 0.6 is 0 Å². The Kier molecular flexibility index (Phi) is 5.73. The molecular weight excluding hydrogens is 453 g/mol. The topological polar surface area (TPSA) is 123 Å². The van der Waals surface area contributed by atoms with Crippen LogP contribution in [0.5, 0.6) is 0 Å². The number of rotatable bonds is 7. The minimum Gasteiger partial charge on any atom is -0.395 e. The molecule has 1 aliphatic heterocycles. The first kappa shape index (κ1) is 22.0. The van der Waals surface area contributed by atoms with Crippen molar-refractivity contribution in [3.63, 3.8) is 0 Å². The largest absolute Gasteiger partial charge is 0.395 e. The maximum atomic E-state index is 14.0. The molecule has 0 aromatic carbocycles. The molecule has 0 fully saturated rings. The molecule has 14 heteroatoms. The molecule has 0 radical (unpaired) electrons. The predicted molar refractivity (Wildman–Crippen MR) is 101 cm³/mol. The lowest BCUT2D eigenvalue weighted by atomic mass is 10.0. The Morgan fingerprint density at radius 2 is 2.00 bits per heavy atom. The highest BCUT2D eigenvalue weighted by Crippen LogP contribution is 2.27. The Bertz CT molecular complexity index is 1240. The first-order chi connectivity index (χ1) is 15.2. The zero-order valence-corrected chi connectivity index (χ0v) is 17.2. The van der Waals surface area contributed by atoms with Gasteiger partial charge in [0.05, 0.1) is 24.5 Å². The molecule has 1 amide bonds. The number of halogens is 3. The molecule has 3 aromatic heterocycles. The van der Waals surface area contributed by atoms with Crippen LogP contribution in [0.4, 0.5) is 13.2 Å². The number of hydrogen-bond acceptors (Lipinski definition) is 7. The molecule has 1 aliphatic rings. The van der Waals surface area contributed by atoms with E-state index in [-0.39, 0.29) is 18.8 Å². The summed E-state index contributed by atoms with van der Waals surface area (Å²) in [6, 6.07) is 3.59. The second-order valence-electron chi connectivity index (χ2n) is 7.05. The lowest BCUT2D eigenvalue weighted by Gasteiger charge is -2.21. The molecule has 0 saturated carbocycles. The lowest BCUT2D eigenvalue weighted by Crippen LogP contribution is -2.34. The van der Waals surface area contributed by atoms with Crippen LogP contribution in [-0.4, -0.2) is 61.3 Å². The van der Waals surface area contributed by atoms with Gasteiger partial charge in [0.25, 0.3) is 6.43 Å². The first-order valence-electron chi connectivity index (χ1n) is 9.35. The second-order valence-corrected chi connectivity index (χ2v) is 8.79. The zero-order valence-electron chi connectivity index (χ0n) is 16.3. The summed E-state index contributed by atoms with van der Waals surface area (Å²) in [7, 11) is -4.21. The minimum atomic E-state index is -4.21. The third-order valence-electron chi connectivity index (χ3n) is 4.92. The van der Waals surface area contributed by atoms with E-state index in [4.69, 9.17) is 0 Å². The highest BCUT2D eigenvalue weighted by molar-refractivity contribution is 7.89. The average Bonchev–Trinajstić information content (AvgIpc) is 3.44. The molecule has 0 bridgehead atoms. The van der Waals surface area contributed by atoms with Gasteiger partial charge in [-0.25, -0.2) is 13.2 Å². The van der Waals surface area contributed by atoms with Crippen molar-refractivity contribution in [1.82, 2.24) is 28.9 Å². The normalized spacial score (nSPS) is 14.7. The van der Waals surface area contributed by atoms with Gasteiger partial charge < -0.3 is 10.0 Å². The molecule has 0 saturated heterocycles. The van der Waals surface area contributed by atoms with Crippen LogP contribution in [0.25, 0.3) is 0 Å². The number of alkyl halides is 2. The molecule has 32 heavy (non-hydrogen) atoms. The molecule has 10 nitrogen and oxygen atoms in total. The number of fused-ring (bicyclic) bond motifs is 1. The maximum absolute atomic E-state index is 14.0. The quantitative estimate of drug-likeness (QED) is 0.540. The summed E-state index contributed by atoms with van der Waals surface area (Å²) in [4.78, 5) is 18.0. The molecule has 0 unspecified atom stereocenters. The highest BCUT2D eigenvalue weighted by Gasteiger charge is 2.35. The molecule has 170 valence electrons. The fourth-order valence-electron chi connectivity index (χ4n) is 3.38. The fraction of sp³-hybridized carbons (Fsp3) is 0.333. The van der Waals surface area contributed by atoms with Crippen LogP contribution in [0.2, 0.25) is 0 Å². The van der Waals surface area contributed by atoms with Gasteiger partial charge in [-0.3, -0.25) is 14.5 Å². The van der Waals surface area contributed by atoms with Crippen LogP contribution in [-0.2, 0) is 34.5 Å². The van der Waals surface area contributed by atoms with Crippen LogP contribution in [0, 0.1) is 5.82 Å². The average molecular weight is 470 g/mol. The van der Waals surface area contributed by atoms with Gasteiger partial charge in [0.1, 0.15) is 18.3 Å². The smallest absolute Gasteiger partial charge is 0.302 e. The van der Waals surface area contributed by atoms with E-state index in [1.807, 2.05) is 0 Å². The van der Waals surface area contributed by atoms with Crippen LogP contribution in [0.3, 0.4) is 0 Å². The Labute approximate surface area is 180 Å². The number of nitrogens with zero attached hydrogens (tertiary/aromatic N) is 6. The number of aliphatic hydroxyl groups excluding tert-OH is 1. The van der Waals surface area contributed by atoms with E-state index in [2.05, 4.69) is 15.2 Å². The van der Waals surface area contributed by atoms with Crippen LogP contribution < -0.4 is 0 Å². The summed E-state index contributed by atoms with van der Waals surface area (Å²) in [5.41, 5.74) is 0.552. The van der Waals surface area contributed by atoms with Crippen molar-refractivity contribution in [2.75, 3.05) is 6.61 Å². The van der Waals surface area contributed by atoms with E-state index < -0.39 is 52.3 Å². The summed E-state index contributed by atoms with van der Waals surface area (Å²) in [5, 5.41) is 16.8. The standard InChI is InChI=1S/C18H17F3N6O4S/c19-13-2-1-4-22-17(13)12(10-28)18(29)25-6-11-7-27(23-14(11)8-25)32(30,31)16-3-5-26(24-16)9-15(20)21/h1-5,7,12,15,28H,6,8-10H2/t12-/m1/s1. The minimum absolute atomic E-state index is 0.00549. The summed E-state index contributed by atoms with van der Waals surface area (Å²) >= 11 is 0. The molecule has 4 heterocycles. The van der Waals surface area contributed by atoms with Gasteiger partial charge in [0, 0.05) is 30.7 Å². The molecular formula is C18H17F3N6O4S. The van der Waals surface area contributed by atoms with E-state index in [1.165, 1.54) is 23.4 Å². The SMILES string of the molecule is O=C([C@H](CO)c1ncccc1F)N1Cc2cn(S(=O)(=O)c3ccn(CC(F)F)n3)nc2C1. The van der Waals surface area contributed by atoms with Crippen molar-refractivity contribution in [3.8, 4) is 0 Å². The number of aliphatic hydroxyl groups is 1. The first-order valence-corrected chi connectivity index (χ1v) is 10.8. The van der Waals surface area contributed by atoms with Crippen LogP contribution in [0.1, 0.15) is 22.9 Å². The highest BCUT2D eigenvalue weighted by atomic mass is 32.2. The number of amides is 1. The molecule has 0 spiro atoms. The molecule has 4 rings (SSSR count). The van der Waals surface area contributed by atoms with Gasteiger partial charge in [-0.2, -0.15) is 22.7 Å². The lowest BCUT2D eigenvalue weighted by molar-refractivity contribution is -0.134. The monoisotopic (exact) mass is 470 g/mol. The van der Waals surface area contributed by atoms with Gasteiger partial charge in [0.15, 0.2) is 5.03 Å². The third-order valence-corrected chi connectivity index (χ3v) is 6.35. The van der Waals surface area contributed by atoms with Crippen molar-refractivity contribution < 1.29 is 31.5 Å². The summed E-state index contributed by atoms with van der Waals surface area (Å²) in [5.74, 6) is -2.52. The zero-order chi connectivity index (χ0) is 23.0. The Morgan fingerprint density at radius 1 is 1.22 bits per heavy atom. The van der Waals surface area contributed by atoms with Gasteiger partial charge in [0.2, 0.25) is 5.91 Å². The number of carbonyl (C=O) groups is 1.